The first-order chi connectivity index (χ1) is 7.18. The smallest absolute Gasteiger partial charge is 0.0754 e. The molecule has 15 heavy (non-hydrogen) atoms. The molecule has 1 heterocycles. The van der Waals surface area contributed by atoms with Gasteiger partial charge in [0.15, 0.2) is 0 Å². The molecule has 1 unspecified atom stereocenters. The van der Waals surface area contributed by atoms with Crippen LogP contribution in [0.2, 0.25) is 0 Å². The molecule has 1 aliphatic carbocycles. The van der Waals surface area contributed by atoms with Crippen molar-refractivity contribution >= 4 is 0 Å². The van der Waals surface area contributed by atoms with Gasteiger partial charge in [-0.2, -0.15) is 0 Å². The zero-order chi connectivity index (χ0) is 10.9. The molecule has 0 radical (unpaired) electrons. The van der Waals surface area contributed by atoms with E-state index in [-0.39, 0.29) is 0 Å². The average molecular weight is 211 g/mol. The second kappa shape index (κ2) is 4.42. The molecule has 0 aromatic heterocycles. The third-order valence-corrected chi connectivity index (χ3v) is 4.78. The van der Waals surface area contributed by atoms with Crippen LogP contribution in [0, 0.1) is 17.3 Å². The Morgan fingerprint density at radius 3 is 2.47 bits per heavy atom. The van der Waals surface area contributed by atoms with Gasteiger partial charge in [-0.3, -0.25) is 0 Å². The van der Waals surface area contributed by atoms with Crippen molar-refractivity contribution in [2.45, 2.75) is 52.1 Å². The molecule has 1 saturated heterocycles. The van der Waals surface area contributed by atoms with E-state index in [0.29, 0.717) is 18.1 Å². The third kappa shape index (κ3) is 2.07. The lowest BCUT2D eigenvalue weighted by Crippen LogP contribution is -2.40. The fourth-order valence-corrected chi connectivity index (χ4v) is 3.51. The van der Waals surface area contributed by atoms with Crippen molar-refractivity contribution in [1.29, 1.82) is 0 Å². The maximum absolute atomic E-state index is 5.81. The molecule has 2 aliphatic rings. The predicted molar refractivity (Wildman–Crippen MR) is 62.6 cm³/mol. The van der Waals surface area contributed by atoms with Gasteiger partial charge in [0.05, 0.1) is 6.10 Å². The summed E-state index contributed by atoms with van der Waals surface area (Å²) in [5.74, 6) is 1.79. The first-order valence-corrected chi connectivity index (χ1v) is 6.49. The van der Waals surface area contributed by atoms with Crippen LogP contribution < -0.4 is 5.73 Å². The van der Waals surface area contributed by atoms with Crippen LogP contribution in [-0.4, -0.2) is 19.3 Å². The lowest BCUT2D eigenvalue weighted by molar-refractivity contribution is 0.0202. The molecule has 1 aliphatic heterocycles. The summed E-state index contributed by atoms with van der Waals surface area (Å²) < 4.78 is 5.77. The highest BCUT2D eigenvalue weighted by Gasteiger charge is 2.45. The number of nitrogens with two attached hydrogens (primary N) is 1. The van der Waals surface area contributed by atoms with Crippen molar-refractivity contribution < 1.29 is 4.74 Å². The van der Waals surface area contributed by atoms with Gasteiger partial charge in [-0.25, -0.2) is 0 Å². The molecule has 0 amide bonds. The zero-order valence-electron chi connectivity index (χ0n) is 10.2. The minimum absolute atomic E-state index is 0.352. The quantitative estimate of drug-likeness (QED) is 0.762. The van der Waals surface area contributed by atoms with E-state index >= 15 is 0 Å². The molecule has 2 heteroatoms. The highest BCUT2D eigenvalue weighted by Crippen LogP contribution is 2.49. The largest absolute Gasteiger partial charge is 0.376 e. The van der Waals surface area contributed by atoms with E-state index < -0.39 is 0 Å². The Hall–Kier alpha value is -0.0800. The van der Waals surface area contributed by atoms with E-state index in [9.17, 15) is 0 Å². The van der Waals surface area contributed by atoms with Gasteiger partial charge >= 0.3 is 0 Å². The van der Waals surface area contributed by atoms with Crippen molar-refractivity contribution in [3.63, 3.8) is 0 Å². The lowest BCUT2D eigenvalue weighted by atomic mass is 9.65. The minimum Gasteiger partial charge on any atom is -0.376 e. The second-order valence-electron chi connectivity index (χ2n) is 5.79. The van der Waals surface area contributed by atoms with E-state index in [1.165, 1.54) is 32.1 Å². The highest BCUT2D eigenvalue weighted by atomic mass is 16.5. The van der Waals surface area contributed by atoms with Crippen molar-refractivity contribution in [2.24, 2.45) is 23.0 Å². The maximum Gasteiger partial charge on any atom is 0.0754 e. The molecule has 2 rings (SSSR count). The minimum atomic E-state index is 0.352. The molecule has 2 N–H and O–H groups in total. The molecule has 0 aromatic rings. The molecule has 0 bridgehead atoms. The molecule has 2 nitrogen and oxygen atoms in total. The number of ether oxygens (including phenoxy) is 1. The Labute approximate surface area is 93.6 Å². The Kier molecular flexibility index (Phi) is 3.36. The molecule has 2 fully saturated rings. The summed E-state index contributed by atoms with van der Waals surface area (Å²) in [5, 5.41) is 0. The molecular weight excluding hydrogens is 186 g/mol. The lowest BCUT2D eigenvalue weighted by Gasteiger charge is -2.41. The van der Waals surface area contributed by atoms with E-state index in [4.69, 9.17) is 10.5 Å². The van der Waals surface area contributed by atoms with E-state index in [0.717, 1.165) is 18.4 Å². The fourth-order valence-electron chi connectivity index (χ4n) is 3.51. The number of rotatable bonds is 2. The summed E-state index contributed by atoms with van der Waals surface area (Å²) in [7, 11) is 0. The van der Waals surface area contributed by atoms with Gasteiger partial charge in [0.2, 0.25) is 0 Å². The van der Waals surface area contributed by atoms with Crippen LogP contribution in [0.3, 0.4) is 0 Å². The van der Waals surface area contributed by atoms with Gasteiger partial charge in [0.1, 0.15) is 0 Å². The summed E-state index contributed by atoms with van der Waals surface area (Å²) in [6, 6.07) is 0. The summed E-state index contributed by atoms with van der Waals surface area (Å²) in [5.41, 5.74) is 6.27. The second-order valence-corrected chi connectivity index (χ2v) is 5.79. The Bertz CT molecular complexity index is 207. The highest BCUT2D eigenvalue weighted by molar-refractivity contribution is 4.95. The Balaban J connectivity index is 1.96. The van der Waals surface area contributed by atoms with Crippen LogP contribution in [0.4, 0.5) is 0 Å². The van der Waals surface area contributed by atoms with Crippen LogP contribution in [0.1, 0.15) is 46.0 Å². The topological polar surface area (TPSA) is 35.2 Å². The molecule has 0 aromatic carbocycles. The van der Waals surface area contributed by atoms with E-state index in [2.05, 4.69) is 13.8 Å². The standard InChI is InChI=1S/C13H25NO/c1-10(2)11-3-5-13(6-4-11)7-8-15-12(13)9-14/h10-12H,3-9,14H2,1-2H3. The fraction of sp³-hybridized carbons (Fsp3) is 1.00. The van der Waals surface area contributed by atoms with Gasteiger partial charge in [-0.05, 0) is 43.9 Å². The number of hydrogen-bond acceptors (Lipinski definition) is 2. The Morgan fingerprint density at radius 2 is 1.93 bits per heavy atom. The number of hydrogen-bond donors (Lipinski definition) is 1. The van der Waals surface area contributed by atoms with Gasteiger partial charge in [-0.1, -0.05) is 13.8 Å². The first-order valence-electron chi connectivity index (χ1n) is 6.49. The summed E-state index contributed by atoms with van der Waals surface area (Å²) >= 11 is 0. The van der Waals surface area contributed by atoms with Crippen molar-refractivity contribution in [3.05, 3.63) is 0 Å². The SMILES string of the molecule is CC(C)C1CCC2(CCOC2CN)CC1. The zero-order valence-corrected chi connectivity index (χ0v) is 10.2. The monoisotopic (exact) mass is 211 g/mol. The van der Waals surface area contributed by atoms with Gasteiger partial charge < -0.3 is 10.5 Å². The average Bonchev–Trinajstić information content (AvgIpc) is 2.61. The first kappa shape index (κ1) is 11.4. The molecule has 1 atom stereocenters. The molecule has 1 saturated carbocycles. The van der Waals surface area contributed by atoms with Gasteiger partial charge in [0, 0.05) is 18.6 Å². The van der Waals surface area contributed by atoms with Crippen molar-refractivity contribution in [3.8, 4) is 0 Å². The van der Waals surface area contributed by atoms with Crippen molar-refractivity contribution in [2.75, 3.05) is 13.2 Å². The van der Waals surface area contributed by atoms with Crippen LogP contribution in [0.15, 0.2) is 0 Å². The van der Waals surface area contributed by atoms with Crippen LogP contribution in [-0.2, 0) is 4.74 Å². The van der Waals surface area contributed by atoms with E-state index in [1.807, 2.05) is 0 Å². The predicted octanol–water partition coefficient (Wildman–Crippen LogP) is 2.57. The summed E-state index contributed by atoms with van der Waals surface area (Å²) in [4.78, 5) is 0. The van der Waals surface area contributed by atoms with Crippen LogP contribution >= 0.6 is 0 Å². The Morgan fingerprint density at radius 1 is 1.27 bits per heavy atom. The van der Waals surface area contributed by atoms with Crippen molar-refractivity contribution in [1.82, 2.24) is 0 Å². The van der Waals surface area contributed by atoms with Gasteiger partial charge in [0.25, 0.3) is 0 Å². The van der Waals surface area contributed by atoms with Gasteiger partial charge in [-0.15, -0.1) is 0 Å². The van der Waals surface area contributed by atoms with Crippen LogP contribution in [0.25, 0.3) is 0 Å². The molecular formula is C13H25NO. The third-order valence-electron chi connectivity index (χ3n) is 4.78. The van der Waals surface area contributed by atoms with E-state index in [1.54, 1.807) is 0 Å². The van der Waals surface area contributed by atoms with Crippen LogP contribution in [0.5, 0.6) is 0 Å². The molecule has 1 spiro atoms. The molecule has 88 valence electrons. The normalized spacial score (nSPS) is 41.6. The maximum atomic E-state index is 5.81. The summed E-state index contributed by atoms with van der Waals surface area (Å²) in [6.45, 7) is 6.36. The summed E-state index contributed by atoms with van der Waals surface area (Å²) in [6.07, 6.45) is 7.06.